The van der Waals surface area contributed by atoms with Crippen LogP contribution in [-0.4, -0.2) is 21.6 Å². The summed E-state index contributed by atoms with van der Waals surface area (Å²) in [6.07, 6.45) is 1.46. The number of fused-ring (bicyclic) bond motifs is 1. The molecular weight excluding hydrogens is 445 g/mol. The summed E-state index contributed by atoms with van der Waals surface area (Å²) >= 11 is 0. The molecule has 7 nitrogen and oxygen atoms in total. The Morgan fingerprint density at radius 3 is 2.03 bits per heavy atom. The molecule has 0 saturated carbocycles. The minimum atomic E-state index is -0.672. The number of rotatable bonds is 5. The van der Waals surface area contributed by atoms with Crippen LogP contribution in [0.15, 0.2) is 102 Å². The van der Waals surface area contributed by atoms with Crippen LogP contribution < -0.4 is 16.0 Å². The zero-order chi connectivity index (χ0) is 24.4. The Bertz CT molecular complexity index is 1410. The molecule has 3 N–H and O–H groups in total. The molecule has 3 aromatic carbocycles. The average Bonchev–Trinajstić information content (AvgIpc) is 3.28. The number of benzene rings is 3. The van der Waals surface area contributed by atoms with E-state index in [4.69, 9.17) is 0 Å². The van der Waals surface area contributed by atoms with Crippen molar-refractivity contribution in [2.24, 2.45) is 0 Å². The van der Waals surface area contributed by atoms with Gasteiger partial charge in [-0.15, -0.1) is 0 Å². The van der Waals surface area contributed by atoms with Gasteiger partial charge in [0.05, 0.1) is 11.8 Å². The molecule has 1 aliphatic heterocycles. The van der Waals surface area contributed by atoms with E-state index in [0.29, 0.717) is 39.6 Å². The maximum atomic E-state index is 13.7. The van der Waals surface area contributed by atoms with Crippen LogP contribution in [0, 0.1) is 5.82 Å². The minimum absolute atomic E-state index is 0.322. The van der Waals surface area contributed by atoms with Crippen LogP contribution in [0.4, 0.5) is 21.6 Å². The minimum Gasteiger partial charge on any atom is -0.343 e. The van der Waals surface area contributed by atoms with E-state index in [1.165, 1.54) is 18.3 Å². The highest BCUT2D eigenvalue weighted by Gasteiger charge is 2.35. The van der Waals surface area contributed by atoms with E-state index in [9.17, 15) is 14.0 Å². The number of hydrogen-bond donors (Lipinski definition) is 3. The first kappa shape index (κ1) is 22.1. The summed E-state index contributed by atoms with van der Waals surface area (Å²) in [4.78, 5) is 26.5. The molecule has 0 fully saturated rings. The van der Waals surface area contributed by atoms with Crippen molar-refractivity contribution in [3.05, 3.63) is 119 Å². The van der Waals surface area contributed by atoms with Gasteiger partial charge in [0.25, 0.3) is 11.8 Å². The van der Waals surface area contributed by atoms with E-state index in [1.807, 2.05) is 36.4 Å². The van der Waals surface area contributed by atoms with E-state index in [2.05, 4.69) is 21.0 Å². The highest BCUT2D eigenvalue weighted by Crippen LogP contribution is 2.38. The Balaban J connectivity index is 1.55. The molecule has 0 bridgehead atoms. The molecule has 0 saturated heterocycles. The summed E-state index contributed by atoms with van der Waals surface area (Å²) in [5.74, 6) is -0.608. The molecule has 174 valence electrons. The summed E-state index contributed by atoms with van der Waals surface area (Å²) in [7, 11) is 0. The van der Waals surface area contributed by atoms with Crippen molar-refractivity contribution in [1.29, 1.82) is 0 Å². The lowest BCUT2D eigenvalue weighted by molar-refractivity contribution is -0.113. The van der Waals surface area contributed by atoms with Crippen molar-refractivity contribution in [3.8, 4) is 0 Å². The molecule has 8 heteroatoms. The summed E-state index contributed by atoms with van der Waals surface area (Å²) < 4.78 is 15.3. The lowest BCUT2D eigenvalue weighted by atomic mass is 9.94. The van der Waals surface area contributed by atoms with Crippen LogP contribution in [0.2, 0.25) is 0 Å². The lowest BCUT2D eigenvalue weighted by Crippen LogP contribution is -2.32. The highest BCUT2D eigenvalue weighted by atomic mass is 19.1. The zero-order valence-corrected chi connectivity index (χ0v) is 18.8. The molecule has 5 rings (SSSR count). The van der Waals surface area contributed by atoms with E-state index in [0.717, 1.165) is 0 Å². The van der Waals surface area contributed by atoms with Gasteiger partial charge in [-0.25, -0.2) is 9.07 Å². The maximum absolute atomic E-state index is 13.7. The smallest absolute Gasteiger partial charge is 0.261 e. The van der Waals surface area contributed by atoms with E-state index in [-0.39, 0.29) is 17.6 Å². The number of aromatic nitrogens is 2. The van der Waals surface area contributed by atoms with Crippen molar-refractivity contribution in [2.75, 3.05) is 16.0 Å². The standard InChI is InChI=1S/C27H22FN5O2/c1-17-23(27(35)32-21-10-6-3-7-11-21)24(18-12-14-19(28)15-13-18)33-25(30-17)22(16-29-33)26(34)31-20-8-4-2-5-9-20/h2-16,24,30H,1H3,(H,31,34)(H,32,35)/t24-/m1/s1. The van der Waals surface area contributed by atoms with Crippen LogP contribution in [0.3, 0.4) is 0 Å². The average molecular weight is 468 g/mol. The topological polar surface area (TPSA) is 88.0 Å². The Morgan fingerprint density at radius 2 is 1.43 bits per heavy atom. The van der Waals surface area contributed by atoms with Gasteiger partial charge >= 0.3 is 0 Å². The van der Waals surface area contributed by atoms with Gasteiger partial charge in [0, 0.05) is 17.1 Å². The van der Waals surface area contributed by atoms with E-state index in [1.54, 1.807) is 48.0 Å². The van der Waals surface area contributed by atoms with Crippen molar-refractivity contribution in [1.82, 2.24) is 9.78 Å². The van der Waals surface area contributed by atoms with Crippen LogP contribution in [0.25, 0.3) is 0 Å². The first-order chi connectivity index (χ1) is 17.0. The summed E-state index contributed by atoms with van der Waals surface area (Å²) in [5.41, 5.74) is 3.25. The van der Waals surface area contributed by atoms with Gasteiger partial charge in [0.1, 0.15) is 23.2 Å². The predicted octanol–water partition coefficient (Wildman–Crippen LogP) is 5.20. The fraction of sp³-hybridized carbons (Fsp3) is 0.0741. The second-order valence-corrected chi connectivity index (χ2v) is 8.11. The molecule has 0 unspecified atom stereocenters. The van der Waals surface area contributed by atoms with Gasteiger partial charge < -0.3 is 16.0 Å². The van der Waals surface area contributed by atoms with E-state index >= 15 is 0 Å². The molecule has 35 heavy (non-hydrogen) atoms. The second-order valence-electron chi connectivity index (χ2n) is 8.11. The molecule has 4 aromatic rings. The zero-order valence-electron chi connectivity index (χ0n) is 18.8. The summed E-state index contributed by atoms with van der Waals surface area (Å²) in [5, 5.41) is 13.4. The molecule has 2 amide bonds. The molecular formula is C27H22FN5O2. The van der Waals surface area contributed by atoms with Crippen molar-refractivity contribution >= 4 is 29.0 Å². The molecule has 1 aromatic heterocycles. The first-order valence-electron chi connectivity index (χ1n) is 11.0. The number of halogens is 1. The molecule has 0 aliphatic carbocycles. The SMILES string of the molecule is CC1=C(C(=O)Nc2ccccc2)[C@@H](c2ccc(F)cc2)n2ncc(C(=O)Nc3ccccc3)c2N1. The summed E-state index contributed by atoms with van der Waals surface area (Å²) in [6, 6.07) is 23.5. The van der Waals surface area contributed by atoms with Crippen LogP contribution in [0.5, 0.6) is 0 Å². The molecule has 2 heterocycles. The lowest BCUT2D eigenvalue weighted by Gasteiger charge is -2.30. The predicted molar refractivity (Wildman–Crippen MR) is 133 cm³/mol. The summed E-state index contributed by atoms with van der Waals surface area (Å²) in [6.45, 7) is 1.77. The first-order valence-corrected chi connectivity index (χ1v) is 11.0. The van der Waals surface area contributed by atoms with Gasteiger partial charge in [-0.05, 0) is 48.9 Å². The Labute approximate surface area is 201 Å². The highest BCUT2D eigenvalue weighted by molar-refractivity contribution is 6.09. The van der Waals surface area contributed by atoms with Crippen LogP contribution in [0.1, 0.15) is 28.9 Å². The third kappa shape index (κ3) is 4.41. The number of amides is 2. The number of para-hydroxylation sites is 2. The number of nitrogens with zero attached hydrogens (tertiary/aromatic N) is 2. The Kier molecular flexibility index (Phi) is 5.85. The second kappa shape index (κ2) is 9.26. The van der Waals surface area contributed by atoms with Crippen molar-refractivity contribution in [2.45, 2.75) is 13.0 Å². The molecule has 0 radical (unpaired) electrons. The van der Waals surface area contributed by atoms with Gasteiger partial charge in [-0.1, -0.05) is 48.5 Å². The number of allylic oxidation sites excluding steroid dienone is 1. The van der Waals surface area contributed by atoms with Gasteiger partial charge in [0.15, 0.2) is 0 Å². The fourth-order valence-corrected chi connectivity index (χ4v) is 4.11. The third-order valence-corrected chi connectivity index (χ3v) is 5.76. The van der Waals surface area contributed by atoms with Gasteiger partial charge in [-0.2, -0.15) is 5.10 Å². The molecule has 0 spiro atoms. The number of carbonyl (C=O) groups excluding carboxylic acids is 2. The van der Waals surface area contributed by atoms with Crippen molar-refractivity contribution in [3.63, 3.8) is 0 Å². The van der Waals surface area contributed by atoms with Gasteiger partial charge in [0.2, 0.25) is 0 Å². The van der Waals surface area contributed by atoms with Gasteiger partial charge in [-0.3, -0.25) is 9.59 Å². The maximum Gasteiger partial charge on any atom is 0.261 e. The number of carbonyl (C=O) groups is 2. The number of anilines is 3. The Morgan fingerprint density at radius 1 is 0.857 bits per heavy atom. The normalized spacial score (nSPS) is 14.6. The third-order valence-electron chi connectivity index (χ3n) is 5.76. The van der Waals surface area contributed by atoms with E-state index < -0.39 is 6.04 Å². The van der Waals surface area contributed by atoms with Crippen LogP contribution >= 0.6 is 0 Å². The number of hydrogen-bond acceptors (Lipinski definition) is 4. The monoisotopic (exact) mass is 467 g/mol. The number of nitrogens with one attached hydrogen (secondary N) is 3. The molecule has 1 aliphatic rings. The van der Waals surface area contributed by atoms with Crippen LogP contribution in [-0.2, 0) is 4.79 Å². The quantitative estimate of drug-likeness (QED) is 0.376. The molecule has 1 atom stereocenters. The Hall–Kier alpha value is -4.72. The fourth-order valence-electron chi connectivity index (χ4n) is 4.11. The largest absolute Gasteiger partial charge is 0.343 e. The van der Waals surface area contributed by atoms with Crippen molar-refractivity contribution < 1.29 is 14.0 Å².